The molecule has 1 aliphatic heterocycles. The maximum Gasteiger partial charge on any atom is 0.245 e. The molecular formula is C14H17ClN2O2S. The van der Waals surface area contributed by atoms with E-state index in [0.29, 0.717) is 23.9 Å². The van der Waals surface area contributed by atoms with Crippen LogP contribution in [0.2, 0.25) is 5.02 Å². The van der Waals surface area contributed by atoms with Crippen LogP contribution in [0.4, 0.5) is 0 Å². The molecule has 0 unspecified atom stereocenters. The van der Waals surface area contributed by atoms with Crippen molar-refractivity contribution in [2.45, 2.75) is 24.3 Å². The zero-order valence-corrected chi connectivity index (χ0v) is 13.1. The second-order valence-electron chi connectivity index (χ2n) is 5.10. The van der Waals surface area contributed by atoms with E-state index >= 15 is 0 Å². The summed E-state index contributed by atoms with van der Waals surface area (Å²) in [6, 6.07) is 7.36. The molecule has 0 aromatic heterocycles. The smallest absolute Gasteiger partial charge is 0.245 e. The molecule has 108 valence electrons. The van der Waals surface area contributed by atoms with Gasteiger partial charge in [-0.1, -0.05) is 11.6 Å². The van der Waals surface area contributed by atoms with Crippen LogP contribution in [0, 0.1) is 0 Å². The molecule has 0 spiro atoms. The number of benzene rings is 1. The first-order valence-corrected chi connectivity index (χ1v) is 7.75. The monoisotopic (exact) mass is 312 g/mol. The molecule has 20 heavy (non-hydrogen) atoms. The van der Waals surface area contributed by atoms with E-state index in [9.17, 15) is 9.59 Å². The van der Waals surface area contributed by atoms with E-state index in [1.54, 1.807) is 30.9 Å². The molecule has 1 N–H and O–H groups in total. The Morgan fingerprint density at radius 3 is 2.70 bits per heavy atom. The van der Waals surface area contributed by atoms with Crippen LogP contribution in [0.25, 0.3) is 0 Å². The molecule has 6 heteroatoms. The van der Waals surface area contributed by atoms with Crippen molar-refractivity contribution < 1.29 is 9.59 Å². The molecule has 1 fully saturated rings. The highest BCUT2D eigenvalue weighted by atomic mass is 35.5. The van der Waals surface area contributed by atoms with Crippen LogP contribution in [0.1, 0.15) is 13.8 Å². The van der Waals surface area contributed by atoms with Gasteiger partial charge >= 0.3 is 0 Å². The summed E-state index contributed by atoms with van der Waals surface area (Å²) in [7, 11) is 0. The zero-order valence-electron chi connectivity index (χ0n) is 11.5. The number of carbonyl (C=O) groups excluding carboxylic acids is 2. The highest BCUT2D eigenvalue weighted by Crippen LogP contribution is 2.23. The topological polar surface area (TPSA) is 49.4 Å². The first-order valence-electron chi connectivity index (χ1n) is 6.38. The molecule has 4 nitrogen and oxygen atoms in total. The number of piperazine rings is 1. The largest absolute Gasteiger partial charge is 0.352 e. The number of rotatable bonds is 3. The Balaban J connectivity index is 1.97. The Kier molecular flexibility index (Phi) is 4.60. The second-order valence-corrected chi connectivity index (χ2v) is 6.59. The van der Waals surface area contributed by atoms with Gasteiger partial charge in [0, 0.05) is 23.0 Å². The predicted molar refractivity (Wildman–Crippen MR) is 81.0 cm³/mol. The van der Waals surface area contributed by atoms with Gasteiger partial charge in [-0.05, 0) is 38.1 Å². The fraction of sp³-hybridized carbons (Fsp3) is 0.429. The summed E-state index contributed by atoms with van der Waals surface area (Å²) in [6.07, 6.45) is 0. The summed E-state index contributed by atoms with van der Waals surface area (Å²) >= 11 is 7.27. The van der Waals surface area contributed by atoms with Crippen molar-refractivity contribution in [3.63, 3.8) is 0 Å². The summed E-state index contributed by atoms with van der Waals surface area (Å²) < 4.78 is 0. The third kappa shape index (κ3) is 3.27. The van der Waals surface area contributed by atoms with Crippen molar-refractivity contribution in [3.8, 4) is 0 Å². The molecule has 1 aromatic carbocycles. The van der Waals surface area contributed by atoms with E-state index in [4.69, 9.17) is 11.6 Å². The number of hydrogen-bond donors (Lipinski definition) is 1. The van der Waals surface area contributed by atoms with Gasteiger partial charge in [-0.3, -0.25) is 9.59 Å². The molecule has 1 heterocycles. The van der Waals surface area contributed by atoms with Crippen LogP contribution in [-0.2, 0) is 9.59 Å². The van der Waals surface area contributed by atoms with Crippen LogP contribution in [0.5, 0.6) is 0 Å². The van der Waals surface area contributed by atoms with Gasteiger partial charge < -0.3 is 10.2 Å². The standard InChI is InChI=1S/C14H17ClN2O2S/c1-14(2)13(19)16-7-8-17(14)12(18)9-20-11-5-3-10(15)4-6-11/h3-6H,7-9H2,1-2H3,(H,16,19). The molecule has 2 amide bonds. The molecule has 0 aliphatic carbocycles. The minimum Gasteiger partial charge on any atom is -0.352 e. The van der Waals surface area contributed by atoms with Gasteiger partial charge in [-0.15, -0.1) is 11.8 Å². The lowest BCUT2D eigenvalue weighted by Gasteiger charge is -2.41. The summed E-state index contributed by atoms with van der Waals surface area (Å²) in [5.74, 6) is 0.191. The first-order chi connectivity index (χ1) is 9.41. The minimum atomic E-state index is -0.782. The molecular weight excluding hydrogens is 296 g/mol. The molecule has 0 atom stereocenters. The zero-order chi connectivity index (χ0) is 14.8. The summed E-state index contributed by atoms with van der Waals surface area (Å²) in [5.41, 5.74) is -0.782. The van der Waals surface area contributed by atoms with Crippen molar-refractivity contribution in [2.75, 3.05) is 18.8 Å². The van der Waals surface area contributed by atoms with Gasteiger partial charge in [0.05, 0.1) is 5.75 Å². The number of carbonyl (C=O) groups is 2. The molecule has 0 bridgehead atoms. The van der Waals surface area contributed by atoms with Gasteiger partial charge in [0.1, 0.15) is 5.54 Å². The SMILES string of the molecule is CC1(C)C(=O)NCCN1C(=O)CSc1ccc(Cl)cc1. The summed E-state index contributed by atoms with van der Waals surface area (Å²) in [4.78, 5) is 26.8. The van der Waals surface area contributed by atoms with Crippen LogP contribution < -0.4 is 5.32 Å². The van der Waals surface area contributed by atoms with Crippen molar-refractivity contribution in [2.24, 2.45) is 0 Å². The van der Waals surface area contributed by atoms with Crippen molar-refractivity contribution in [1.29, 1.82) is 0 Å². The molecule has 0 saturated carbocycles. The highest BCUT2D eigenvalue weighted by Gasteiger charge is 2.40. The lowest BCUT2D eigenvalue weighted by molar-refractivity contribution is -0.147. The highest BCUT2D eigenvalue weighted by molar-refractivity contribution is 8.00. The van der Waals surface area contributed by atoms with Crippen LogP contribution in [0.15, 0.2) is 29.2 Å². The lowest BCUT2D eigenvalue weighted by Crippen LogP contribution is -2.63. The quantitative estimate of drug-likeness (QED) is 0.870. The fourth-order valence-electron chi connectivity index (χ4n) is 2.09. The van der Waals surface area contributed by atoms with Gasteiger partial charge in [0.2, 0.25) is 11.8 Å². The molecule has 1 saturated heterocycles. The van der Waals surface area contributed by atoms with E-state index in [2.05, 4.69) is 5.32 Å². The van der Waals surface area contributed by atoms with Crippen molar-refractivity contribution in [3.05, 3.63) is 29.3 Å². The maximum atomic E-state index is 12.3. The number of nitrogens with one attached hydrogen (secondary N) is 1. The Hall–Kier alpha value is -1.20. The number of nitrogens with zero attached hydrogens (tertiary/aromatic N) is 1. The number of halogens is 1. The predicted octanol–water partition coefficient (Wildman–Crippen LogP) is 2.17. The van der Waals surface area contributed by atoms with E-state index in [0.717, 1.165) is 4.90 Å². The second kappa shape index (κ2) is 6.06. The fourth-order valence-corrected chi connectivity index (χ4v) is 2.99. The molecule has 1 aliphatic rings. The Morgan fingerprint density at radius 2 is 2.05 bits per heavy atom. The number of hydrogen-bond acceptors (Lipinski definition) is 3. The summed E-state index contributed by atoms with van der Waals surface area (Å²) in [6.45, 7) is 4.61. The number of thioether (sulfide) groups is 1. The molecule has 1 aromatic rings. The molecule has 0 radical (unpaired) electrons. The Bertz CT molecular complexity index is 516. The molecule has 2 rings (SSSR count). The summed E-state index contributed by atoms with van der Waals surface area (Å²) in [5, 5.41) is 3.46. The van der Waals surface area contributed by atoms with E-state index in [1.165, 1.54) is 11.8 Å². The first kappa shape index (κ1) is 15.2. The van der Waals surface area contributed by atoms with E-state index < -0.39 is 5.54 Å². The van der Waals surface area contributed by atoms with Gasteiger partial charge in [0.25, 0.3) is 0 Å². The minimum absolute atomic E-state index is 0.0233. The van der Waals surface area contributed by atoms with E-state index in [1.807, 2.05) is 12.1 Å². The van der Waals surface area contributed by atoms with E-state index in [-0.39, 0.29) is 11.8 Å². The Labute approximate surface area is 127 Å². The van der Waals surface area contributed by atoms with Crippen molar-refractivity contribution >= 4 is 35.2 Å². The Morgan fingerprint density at radius 1 is 1.40 bits per heavy atom. The maximum absolute atomic E-state index is 12.3. The van der Waals surface area contributed by atoms with Crippen LogP contribution in [-0.4, -0.2) is 41.1 Å². The van der Waals surface area contributed by atoms with Gasteiger partial charge in [0.15, 0.2) is 0 Å². The normalized spacial score (nSPS) is 17.8. The van der Waals surface area contributed by atoms with Crippen LogP contribution >= 0.6 is 23.4 Å². The third-order valence-corrected chi connectivity index (χ3v) is 4.58. The average molecular weight is 313 g/mol. The van der Waals surface area contributed by atoms with Gasteiger partial charge in [-0.25, -0.2) is 0 Å². The number of amides is 2. The van der Waals surface area contributed by atoms with Crippen LogP contribution in [0.3, 0.4) is 0 Å². The average Bonchev–Trinajstić information content (AvgIpc) is 2.41. The third-order valence-electron chi connectivity index (χ3n) is 3.33. The lowest BCUT2D eigenvalue weighted by atomic mass is 9.99. The van der Waals surface area contributed by atoms with Gasteiger partial charge in [-0.2, -0.15) is 0 Å². The van der Waals surface area contributed by atoms with Crippen molar-refractivity contribution in [1.82, 2.24) is 10.2 Å².